The molecule has 1 aromatic carbocycles. The van der Waals surface area contributed by atoms with Gasteiger partial charge >= 0.3 is 18.0 Å². The smallest absolute Gasteiger partial charge is 0.333 e. The number of aliphatic carboxylic acids is 1. The molecule has 4 rings (SSSR count). The van der Waals surface area contributed by atoms with E-state index in [0.29, 0.717) is 11.4 Å². The number of carboxylic acid groups (broad SMARTS) is 1. The van der Waals surface area contributed by atoms with Crippen LogP contribution in [0.25, 0.3) is 0 Å². The minimum Gasteiger partial charge on any atom is -0.480 e. The highest BCUT2D eigenvalue weighted by Crippen LogP contribution is 2.45. The molecular formula is C25H33N3O5. The molecule has 33 heavy (non-hydrogen) atoms. The van der Waals surface area contributed by atoms with Crippen molar-refractivity contribution in [3.63, 3.8) is 0 Å². The summed E-state index contributed by atoms with van der Waals surface area (Å²) in [7, 11) is 0. The van der Waals surface area contributed by atoms with Crippen molar-refractivity contribution in [3.8, 4) is 0 Å². The van der Waals surface area contributed by atoms with E-state index in [1.807, 2.05) is 13.0 Å². The van der Waals surface area contributed by atoms with Crippen molar-refractivity contribution < 1.29 is 24.3 Å². The predicted molar refractivity (Wildman–Crippen MR) is 124 cm³/mol. The Morgan fingerprint density at radius 1 is 1.03 bits per heavy atom. The van der Waals surface area contributed by atoms with Gasteiger partial charge in [0.25, 0.3) is 0 Å². The molecular weight excluding hydrogens is 422 g/mol. The Kier molecular flexibility index (Phi) is 6.72. The second-order valence-corrected chi connectivity index (χ2v) is 9.86. The summed E-state index contributed by atoms with van der Waals surface area (Å²) in [6.45, 7) is 1.28. The predicted octanol–water partition coefficient (Wildman–Crippen LogP) is 4.81. The zero-order valence-corrected chi connectivity index (χ0v) is 19.2. The molecule has 1 aromatic rings. The highest BCUT2D eigenvalue weighted by molar-refractivity contribution is 6.15. The van der Waals surface area contributed by atoms with Crippen molar-refractivity contribution >= 4 is 35.7 Å². The molecule has 8 heteroatoms. The number of hydrogen-bond acceptors (Lipinski definition) is 4. The molecule has 178 valence electrons. The van der Waals surface area contributed by atoms with Crippen LogP contribution < -0.4 is 9.80 Å². The second-order valence-electron chi connectivity index (χ2n) is 9.86. The first-order valence-corrected chi connectivity index (χ1v) is 12.1. The Hall–Kier alpha value is -2.90. The third-order valence-electron chi connectivity index (χ3n) is 7.62. The van der Waals surface area contributed by atoms with Crippen LogP contribution in [-0.2, 0) is 9.59 Å². The van der Waals surface area contributed by atoms with Crippen molar-refractivity contribution in [1.29, 1.82) is 0 Å². The summed E-state index contributed by atoms with van der Waals surface area (Å²) in [5.41, 5.74) is 0.626. The molecule has 1 N–H and O–H groups in total. The lowest BCUT2D eigenvalue weighted by Crippen LogP contribution is -2.58. The van der Waals surface area contributed by atoms with Gasteiger partial charge in [-0.2, -0.15) is 0 Å². The SMILES string of the molecule is CC1(C(C=O)N2C(=O)N(CC(=O)O)C(=O)N(C3CCCCC3)c3ccccc32)CCCCC1. The van der Waals surface area contributed by atoms with Crippen molar-refractivity contribution in [3.05, 3.63) is 24.3 Å². The fraction of sp³-hybridized carbons (Fsp3) is 0.600. The van der Waals surface area contributed by atoms with Crippen molar-refractivity contribution in [2.24, 2.45) is 5.41 Å². The van der Waals surface area contributed by atoms with Crippen LogP contribution >= 0.6 is 0 Å². The number of aldehydes is 1. The third-order valence-corrected chi connectivity index (χ3v) is 7.62. The number of rotatable bonds is 6. The van der Waals surface area contributed by atoms with E-state index in [1.54, 1.807) is 23.1 Å². The summed E-state index contributed by atoms with van der Waals surface area (Å²) in [6, 6.07) is 4.91. The van der Waals surface area contributed by atoms with Crippen LogP contribution in [0.1, 0.15) is 71.1 Å². The lowest BCUT2D eigenvalue weighted by atomic mass is 9.70. The van der Waals surface area contributed by atoms with Gasteiger partial charge in [0.05, 0.1) is 17.4 Å². The zero-order chi connectivity index (χ0) is 23.6. The van der Waals surface area contributed by atoms with Crippen LogP contribution in [0.15, 0.2) is 24.3 Å². The molecule has 0 radical (unpaired) electrons. The van der Waals surface area contributed by atoms with Crippen LogP contribution in [0.2, 0.25) is 0 Å². The Morgan fingerprint density at radius 2 is 1.64 bits per heavy atom. The molecule has 1 aliphatic heterocycles. The van der Waals surface area contributed by atoms with Crippen molar-refractivity contribution in [2.45, 2.75) is 83.2 Å². The summed E-state index contributed by atoms with van der Waals surface area (Å²) < 4.78 is 0. The molecule has 2 fully saturated rings. The molecule has 1 atom stereocenters. The zero-order valence-electron chi connectivity index (χ0n) is 19.2. The number of nitrogens with zero attached hydrogens (tertiary/aromatic N) is 3. The van der Waals surface area contributed by atoms with Crippen molar-refractivity contribution in [1.82, 2.24) is 4.90 Å². The highest BCUT2D eigenvalue weighted by atomic mass is 16.4. The third kappa shape index (κ3) is 4.35. The second kappa shape index (κ2) is 9.53. The van der Waals surface area contributed by atoms with Crippen LogP contribution in [-0.4, -0.2) is 53.0 Å². The van der Waals surface area contributed by atoms with E-state index in [1.165, 1.54) is 4.90 Å². The highest BCUT2D eigenvalue weighted by Gasteiger charge is 2.48. The Bertz CT molecular complexity index is 920. The van der Waals surface area contributed by atoms with Gasteiger partial charge < -0.3 is 9.90 Å². The van der Waals surface area contributed by atoms with Crippen LogP contribution in [0, 0.1) is 5.41 Å². The molecule has 1 heterocycles. The number of carboxylic acids is 1. The average molecular weight is 456 g/mol. The number of para-hydroxylation sites is 2. The van der Waals surface area contributed by atoms with Gasteiger partial charge in [0.2, 0.25) is 0 Å². The Labute approximate surface area is 194 Å². The minimum absolute atomic E-state index is 0.114. The van der Waals surface area contributed by atoms with E-state index in [4.69, 9.17) is 0 Å². The van der Waals surface area contributed by atoms with Gasteiger partial charge in [-0.3, -0.25) is 14.6 Å². The van der Waals surface area contributed by atoms with Crippen LogP contribution in [0.4, 0.5) is 21.0 Å². The molecule has 0 spiro atoms. The first-order valence-electron chi connectivity index (χ1n) is 12.1. The van der Waals surface area contributed by atoms with E-state index < -0.39 is 36.0 Å². The molecule has 2 saturated carbocycles. The van der Waals surface area contributed by atoms with Crippen molar-refractivity contribution in [2.75, 3.05) is 16.3 Å². The van der Waals surface area contributed by atoms with E-state index in [-0.39, 0.29) is 6.04 Å². The van der Waals surface area contributed by atoms with Gasteiger partial charge in [-0.25, -0.2) is 14.5 Å². The lowest BCUT2D eigenvalue weighted by molar-refractivity contribution is -0.137. The van der Waals surface area contributed by atoms with Gasteiger partial charge in [-0.05, 0) is 43.2 Å². The first-order chi connectivity index (χ1) is 15.9. The number of anilines is 2. The number of benzene rings is 1. The minimum atomic E-state index is -1.27. The summed E-state index contributed by atoms with van der Waals surface area (Å²) in [5.74, 6) is -1.27. The number of fused-ring (bicyclic) bond motifs is 1. The summed E-state index contributed by atoms with van der Waals surface area (Å²) >= 11 is 0. The van der Waals surface area contributed by atoms with E-state index in [0.717, 1.165) is 75.4 Å². The number of amides is 4. The van der Waals surface area contributed by atoms with Gasteiger partial charge in [-0.15, -0.1) is 0 Å². The molecule has 0 aromatic heterocycles. The number of carbonyl (C=O) groups excluding carboxylic acids is 3. The number of urea groups is 2. The molecule has 1 unspecified atom stereocenters. The van der Waals surface area contributed by atoms with Gasteiger partial charge in [0.1, 0.15) is 12.8 Å². The van der Waals surface area contributed by atoms with Gasteiger partial charge in [0.15, 0.2) is 0 Å². The molecule has 0 bridgehead atoms. The molecule has 3 aliphatic rings. The van der Waals surface area contributed by atoms with E-state index in [9.17, 15) is 24.3 Å². The number of hydrogen-bond donors (Lipinski definition) is 1. The van der Waals surface area contributed by atoms with E-state index in [2.05, 4.69) is 0 Å². The monoisotopic (exact) mass is 455 g/mol. The van der Waals surface area contributed by atoms with E-state index >= 15 is 0 Å². The molecule has 2 aliphatic carbocycles. The summed E-state index contributed by atoms with van der Waals surface area (Å²) in [6.07, 6.45) is 10.1. The fourth-order valence-electron chi connectivity index (χ4n) is 5.84. The van der Waals surface area contributed by atoms with Gasteiger partial charge in [0, 0.05) is 6.04 Å². The fourth-order valence-corrected chi connectivity index (χ4v) is 5.84. The normalized spacial score (nSPS) is 22.5. The molecule has 4 amide bonds. The van der Waals surface area contributed by atoms with Crippen LogP contribution in [0.3, 0.4) is 0 Å². The number of carbonyl (C=O) groups is 4. The molecule has 0 saturated heterocycles. The quantitative estimate of drug-likeness (QED) is 0.621. The standard InChI is InChI=1S/C25H33N3O5/c1-25(14-8-3-9-15-25)21(17-29)28-20-13-7-6-12-19(20)27(18-10-4-2-5-11-18)23(32)26(24(28)33)16-22(30)31/h6-7,12-13,17-18,21H,2-5,8-11,14-16H2,1H3,(H,30,31). The topological polar surface area (TPSA) is 98.2 Å². The number of imide groups is 1. The Balaban J connectivity index is 1.87. The average Bonchev–Trinajstić information content (AvgIpc) is 2.89. The maximum Gasteiger partial charge on any atom is 0.333 e. The van der Waals surface area contributed by atoms with Gasteiger partial charge in [-0.1, -0.05) is 57.6 Å². The summed E-state index contributed by atoms with van der Waals surface area (Å²) in [4.78, 5) is 55.6. The summed E-state index contributed by atoms with van der Waals surface area (Å²) in [5, 5.41) is 9.54. The largest absolute Gasteiger partial charge is 0.480 e. The molecule has 8 nitrogen and oxygen atoms in total. The maximum absolute atomic E-state index is 13.8. The first kappa shape index (κ1) is 23.3. The van der Waals surface area contributed by atoms with Crippen LogP contribution in [0.5, 0.6) is 0 Å². The lowest BCUT2D eigenvalue weighted by Gasteiger charge is -2.43. The maximum atomic E-state index is 13.8. The Morgan fingerprint density at radius 3 is 2.24 bits per heavy atom.